The minimum Gasteiger partial charge on any atom is -0.394 e. The highest BCUT2D eigenvalue weighted by atomic mass is 16.5. The second kappa shape index (κ2) is 6.55. The van der Waals surface area contributed by atoms with Crippen molar-refractivity contribution < 1.29 is 19.7 Å². The van der Waals surface area contributed by atoms with Crippen molar-refractivity contribution in [2.45, 2.75) is 58.3 Å². The number of aliphatic hydroxyl groups is 2. The zero-order chi connectivity index (χ0) is 12.8. The number of hydrogen-bond donors (Lipinski definition) is 2. The molecule has 0 rings (SSSR count). The van der Waals surface area contributed by atoms with E-state index >= 15 is 0 Å². The molecule has 2 N–H and O–H groups in total. The van der Waals surface area contributed by atoms with E-state index in [1.807, 2.05) is 34.6 Å². The molecule has 0 saturated carbocycles. The Morgan fingerprint density at radius 2 is 1.62 bits per heavy atom. The molecule has 4 heteroatoms. The van der Waals surface area contributed by atoms with Crippen LogP contribution in [-0.4, -0.2) is 47.3 Å². The minimum atomic E-state index is -0.803. The van der Waals surface area contributed by atoms with E-state index in [0.717, 1.165) is 6.42 Å². The van der Waals surface area contributed by atoms with Gasteiger partial charge in [0.15, 0.2) is 0 Å². The van der Waals surface area contributed by atoms with E-state index in [9.17, 15) is 0 Å². The van der Waals surface area contributed by atoms with E-state index in [1.165, 1.54) is 0 Å². The summed E-state index contributed by atoms with van der Waals surface area (Å²) in [6.07, 6.45) is -0.0506. The Morgan fingerprint density at radius 3 is 2.06 bits per heavy atom. The topological polar surface area (TPSA) is 58.9 Å². The molecule has 0 aliphatic heterocycles. The standard InChI is InChI=1S/C12H26O4/c1-11(2,3)15-7-6-12(4,5)16-9-10(14)8-13/h10,13-14H,6-9H2,1-5H3. The van der Waals surface area contributed by atoms with E-state index in [0.29, 0.717) is 6.61 Å². The Morgan fingerprint density at radius 1 is 1.06 bits per heavy atom. The number of ether oxygens (including phenoxy) is 2. The summed E-state index contributed by atoms with van der Waals surface area (Å²) in [6.45, 7) is 10.4. The highest BCUT2D eigenvalue weighted by molar-refractivity contribution is 4.70. The van der Waals surface area contributed by atoms with Crippen molar-refractivity contribution in [3.05, 3.63) is 0 Å². The maximum Gasteiger partial charge on any atom is 0.100 e. The van der Waals surface area contributed by atoms with Gasteiger partial charge in [0, 0.05) is 6.61 Å². The predicted molar refractivity (Wildman–Crippen MR) is 63.4 cm³/mol. The number of hydrogen-bond acceptors (Lipinski definition) is 4. The molecule has 16 heavy (non-hydrogen) atoms. The molecule has 1 atom stereocenters. The molecular formula is C12H26O4. The van der Waals surface area contributed by atoms with Gasteiger partial charge in [-0.25, -0.2) is 0 Å². The van der Waals surface area contributed by atoms with Crippen LogP contribution in [0.2, 0.25) is 0 Å². The molecule has 0 aromatic rings. The van der Waals surface area contributed by atoms with Gasteiger partial charge in [0.2, 0.25) is 0 Å². The molecule has 0 radical (unpaired) electrons. The van der Waals surface area contributed by atoms with Gasteiger partial charge in [-0.2, -0.15) is 0 Å². The monoisotopic (exact) mass is 234 g/mol. The maximum atomic E-state index is 9.17. The molecule has 0 amide bonds. The Hall–Kier alpha value is -0.160. The summed E-state index contributed by atoms with van der Waals surface area (Å²) >= 11 is 0. The molecule has 0 spiro atoms. The van der Waals surface area contributed by atoms with Crippen LogP contribution in [0.25, 0.3) is 0 Å². The smallest absolute Gasteiger partial charge is 0.100 e. The Bertz CT molecular complexity index is 184. The zero-order valence-corrected chi connectivity index (χ0v) is 11.1. The van der Waals surface area contributed by atoms with Crippen molar-refractivity contribution in [2.24, 2.45) is 0 Å². The SMILES string of the molecule is CC(C)(C)OCCC(C)(C)OCC(O)CO. The van der Waals surface area contributed by atoms with Crippen molar-refractivity contribution >= 4 is 0 Å². The van der Waals surface area contributed by atoms with Crippen LogP contribution in [0.4, 0.5) is 0 Å². The molecule has 0 aliphatic carbocycles. The molecule has 0 aromatic heterocycles. The van der Waals surface area contributed by atoms with Crippen molar-refractivity contribution in [3.8, 4) is 0 Å². The Kier molecular flexibility index (Phi) is 6.48. The molecule has 0 saturated heterocycles. The summed E-state index contributed by atoms with van der Waals surface area (Å²) < 4.78 is 11.1. The van der Waals surface area contributed by atoms with Crippen LogP contribution in [0.3, 0.4) is 0 Å². The van der Waals surface area contributed by atoms with Crippen LogP contribution in [0, 0.1) is 0 Å². The highest BCUT2D eigenvalue weighted by Crippen LogP contribution is 2.17. The largest absolute Gasteiger partial charge is 0.394 e. The van der Waals surface area contributed by atoms with Gasteiger partial charge in [0.05, 0.1) is 24.4 Å². The highest BCUT2D eigenvalue weighted by Gasteiger charge is 2.21. The lowest BCUT2D eigenvalue weighted by Crippen LogP contribution is -2.33. The van der Waals surface area contributed by atoms with E-state index in [2.05, 4.69) is 0 Å². The third-order valence-corrected chi connectivity index (χ3v) is 2.12. The van der Waals surface area contributed by atoms with Crippen LogP contribution in [0.15, 0.2) is 0 Å². The lowest BCUT2D eigenvalue weighted by molar-refractivity contribution is -0.0941. The van der Waals surface area contributed by atoms with Crippen LogP contribution in [0.1, 0.15) is 41.0 Å². The lowest BCUT2D eigenvalue weighted by Gasteiger charge is -2.28. The normalized spacial score (nSPS) is 15.2. The summed E-state index contributed by atoms with van der Waals surface area (Å²) in [4.78, 5) is 0. The summed E-state index contributed by atoms with van der Waals surface area (Å²) in [5.41, 5.74) is -0.484. The third kappa shape index (κ3) is 9.09. The molecule has 0 fully saturated rings. The molecule has 0 heterocycles. The lowest BCUT2D eigenvalue weighted by atomic mass is 10.1. The maximum absolute atomic E-state index is 9.17. The first kappa shape index (κ1) is 15.8. The van der Waals surface area contributed by atoms with Gasteiger partial charge in [-0.05, 0) is 41.0 Å². The first-order chi connectivity index (χ1) is 7.16. The van der Waals surface area contributed by atoms with Gasteiger partial charge in [-0.1, -0.05) is 0 Å². The van der Waals surface area contributed by atoms with Crippen molar-refractivity contribution in [1.82, 2.24) is 0 Å². The summed E-state index contributed by atoms with van der Waals surface area (Å²) in [5.74, 6) is 0. The minimum absolute atomic E-state index is 0.138. The molecular weight excluding hydrogens is 208 g/mol. The van der Waals surface area contributed by atoms with Crippen molar-refractivity contribution in [2.75, 3.05) is 19.8 Å². The molecule has 1 unspecified atom stereocenters. The third-order valence-electron chi connectivity index (χ3n) is 2.12. The van der Waals surface area contributed by atoms with Gasteiger partial charge in [0.1, 0.15) is 6.10 Å². The average molecular weight is 234 g/mol. The zero-order valence-electron chi connectivity index (χ0n) is 11.1. The second-order valence-electron chi connectivity index (χ2n) is 5.62. The molecule has 0 aromatic carbocycles. The first-order valence-electron chi connectivity index (χ1n) is 5.73. The first-order valence-corrected chi connectivity index (χ1v) is 5.73. The number of aliphatic hydroxyl groups excluding tert-OH is 2. The second-order valence-corrected chi connectivity index (χ2v) is 5.62. The Balaban J connectivity index is 3.78. The number of rotatable bonds is 7. The van der Waals surface area contributed by atoms with Gasteiger partial charge in [-0.3, -0.25) is 0 Å². The molecule has 98 valence electrons. The summed E-state index contributed by atoms with van der Waals surface area (Å²) in [6, 6.07) is 0. The quantitative estimate of drug-likeness (QED) is 0.698. The van der Waals surface area contributed by atoms with Gasteiger partial charge in [-0.15, -0.1) is 0 Å². The molecule has 0 aliphatic rings. The van der Waals surface area contributed by atoms with E-state index < -0.39 is 6.10 Å². The van der Waals surface area contributed by atoms with Crippen molar-refractivity contribution in [1.29, 1.82) is 0 Å². The summed E-state index contributed by atoms with van der Waals surface area (Å²) in [7, 11) is 0. The predicted octanol–water partition coefficient (Wildman–Crippen LogP) is 1.34. The van der Waals surface area contributed by atoms with E-state index in [1.54, 1.807) is 0 Å². The van der Waals surface area contributed by atoms with Crippen LogP contribution < -0.4 is 0 Å². The fraction of sp³-hybridized carbons (Fsp3) is 1.00. The van der Waals surface area contributed by atoms with Crippen LogP contribution in [-0.2, 0) is 9.47 Å². The fourth-order valence-electron chi connectivity index (χ4n) is 1.05. The van der Waals surface area contributed by atoms with Gasteiger partial charge in [0.25, 0.3) is 0 Å². The fourth-order valence-corrected chi connectivity index (χ4v) is 1.05. The van der Waals surface area contributed by atoms with E-state index in [4.69, 9.17) is 19.7 Å². The van der Waals surface area contributed by atoms with Gasteiger partial charge >= 0.3 is 0 Å². The molecule has 0 bridgehead atoms. The summed E-state index contributed by atoms with van der Waals surface area (Å²) in [5, 5.41) is 17.8. The molecule has 4 nitrogen and oxygen atoms in total. The van der Waals surface area contributed by atoms with Crippen molar-refractivity contribution in [3.63, 3.8) is 0 Å². The van der Waals surface area contributed by atoms with Crippen LogP contribution >= 0.6 is 0 Å². The average Bonchev–Trinajstić information content (AvgIpc) is 2.12. The van der Waals surface area contributed by atoms with E-state index in [-0.39, 0.29) is 24.4 Å². The van der Waals surface area contributed by atoms with Crippen LogP contribution in [0.5, 0.6) is 0 Å². The Labute approximate surface area is 98.6 Å². The van der Waals surface area contributed by atoms with Gasteiger partial charge < -0.3 is 19.7 Å².